The summed E-state index contributed by atoms with van der Waals surface area (Å²) in [4.78, 5) is 21.1. The van der Waals surface area contributed by atoms with Gasteiger partial charge in [-0.05, 0) is 62.1 Å². The number of aryl methyl sites for hydroxylation is 2. The maximum absolute atomic E-state index is 13.9. The number of hydrogen-bond acceptors (Lipinski definition) is 3. The summed E-state index contributed by atoms with van der Waals surface area (Å²) in [5.41, 5.74) is 12.2. The van der Waals surface area contributed by atoms with Crippen LogP contribution in [0.25, 0.3) is 11.0 Å². The molecule has 0 aliphatic heterocycles. The van der Waals surface area contributed by atoms with Crippen LogP contribution in [-0.2, 0) is 6.54 Å². The number of carbonyl (C=O) groups is 1. The second-order valence-corrected chi connectivity index (χ2v) is 9.68. The Morgan fingerprint density at radius 2 is 1.69 bits per heavy atom. The van der Waals surface area contributed by atoms with Crippen molar-refractivity contribution in [3.8, 4) is 0 Å². The molecule has 1 aromatic heterocycles. The number of amides is 1. The number of imidazole rings is 1. The van der Waals surface area contributed by atoms with Crippen LogP contribution in [0, 0.1) is 19.8 Å². The molecule has 0 saturated carbocycles. The summed E-state index contributed by atoms with van der Waals surface area (Å²) in [5.74, 6) is 1.10. The van der Waals surface area contributed by atoms with Crippen LogP contribution in [0.2, 0.25) is 0 Å². The highest BCUT2D eigenvalue weighted by Gasteiger charge is 2.33. The van der Waals surface area contributed by atoms with Crippen molar-refractivity contribution in [2.45, 2.75) is 46.7 Å². The van der Waals surface area contributed by atoms with E-state index >= 15 is 0 Å². The molecule has 0 radical (unpaired) electrons. The molecule has 0 saturated heterocycles. The Balaban J connectivity index is 1.87. The zero-order valence-electron chi connectivity index (χ0n) is 21.2. The van der Waals surface area contributed by atoms with Gasteiger partial charge in [-0.15, -0.1) is 0 Å². The van der Waals surface area contributed by atoms with Crippen molar-refractivity contribution in [3.63, 3.8) is 0 Å². The van der Waals surface area contributed by atoms with Crippen molar-refractivity contribution in [1.82, 2.24) is 14.5 Å². The number of fused-ring (bicyclic) bond motifs is 1. The fraction of sp³-hybridized carbons (Fsp3) is 0.333. The number of nitrogens with zero attached hydrogens (tertiary/aromatic N) is 3. The average molecular weight is 469 g/mol. The summed E-state index contributed by atoms with van der Waals surface area (Å²) in [6, 6.07) is 24.4. The second-order valence-electron chi connectivity index (χ2n) is 9.68. The highest BCUT2D eigenvalue weighted by atomic mass is 16.2. The quantitative estimate of drug-likeness (QED) is 0.333. The first-order valence-corrected chi connectivity index (χ1v) is 12.5. The lowest BCUT2D eigenvalue weighted by Gasteiger charge is -2.34. The standard InChI is InChI=1S/C30H36N4O/c1-21(2)28(33(19-9-18-31)30(35)25-16-14-22(3)15-17-25)29-32-27-23(4)10-8-13-26(27)34(29)20-24-11-6-5-7-12-24/h5-8,10-17,21,28H,9,18-20,31H2,1-4H3/t28-/m1/s1. The molecule has 1 atom stereocenters. The Morgan fingerprint density at radius 1 is 0.971 bits per heavy atom. The molecular weight excluding hydrogens is 432 g/mol. The van der Waals surface area contributed by atoms with E-state index in [9.17, 15) is 4.79 Å². The normalized spacial score (nSPS) is 12.3. The Labute approximate surface area is 208 Å². The Kier molecular flexibility index (Phi) is 7.67. The van der Waals surface area contributed by atoms with Gasteiger partial charge >= 0.3 is 0 Å². The van der Waals surface area contributed by atoms with E-state index in [-0.39, 0.29) is 17.9 Å². The number of carbonyl (C=O) groups excluding carboxylic acids is 1. The van der Waals surface area contributed by atoms with Crippen LogP contribution >= 0.6 is 0 Å². The zero-order valence-corrected chi connectivity index (χ0v) is 21.2. The van der Waals surface area contributed by atoms with Gasteiger partial charge in [0.25, 0.3) is 5.91 Å². The van der Waals surface area contributed by atoms with Crippen molar-refractivity contribution >= 4 is 16.9 Å². The van der Waals surface area contributed by atoms with Crippen LogP contribution in [-0.4, -0.2) is 33.4 Å². The molecule has 35 heavy (non-hydrogen) atoms. The first-order valence-electron chi connectivity index (χ1n) is 12.5. The third-order valence-electron chi connectivity index (χ3n) is 6.59. The van der Waals surface area contributed by atoms with E-state index in [1.54, 1.807) is 0 Å². The summed E-state index contributed by atoms with van der Waals surface area (Å²) in [6.07, 6.45) is 0.735. The molecule has 0 unspecified atom stereocenters. The van der Waals surface area contributed by atoms with Gasteiger partial charge in [0.1, 0.15) is 5.82 Å². The molecule has 0 fully saturated rings. The van der Waals surface area contributed by atoms with Crippen molar-refractivity contribution < 1.29 is 4.79 Å². The molecule has 0 spiro atoms. The maximum Gasteiger partial charge on any atom is 0.254 e. The van der Waals surface area contributed by atoms with Crippen LogP contribution < -0.4 is 5.73 Å². The van der Waals surface area contributed by atoms with Gasteiger partial charge in [0, 0.05) is 18.7 Å². The van der Waals surface area contributed by atoms with E-state index in [1.165, 1.54) is 5.56 Å². The molecule has 182 valence electrons. The number of nitrogens with two attached hydrogens (primary N) is 1. The summed E-state index contributed by atoms with van der Waals surface area (Å²) in [6.45, 7) is 10.3. The van der Waals surface area contributed by atoms with Crippen LogP contribution in [0.4, 0.5) is 0 Å². The molecule has 0 bridgehead atoms. The van der Waals surface area contributed by atoms with Crippen LogP contribution in [0.3, 0.4) is 0 Å². The molecule has 0 aliphatic rings. The second kappa shape index (κ2) is 10.9. The van der Waals surface area contributed by atoms with Crippen molar-refractivity contribution in [1.29, 1.82) is 0 Å². The average Bonchev–Trinajstić information content (AvgIpc) is 3.21. The fourth-order valence-corrected chi connectivity index (χ4v) is 4.75. The lowest BCUT2D eigenvalue weighted by molar-refractivity contribution is 0.0605. The summed E-state index contributed by atoms with van der Waals surface area (Å²) in [5, 5.41) is 0. The minimum absolute atomic E-state index is 0.0205. The molecule has 3 aromatic carbocycles. The van der Waals surface area contributed by atoms with Crippen molar-refractivity contribution in [2.24, 2.45) is 11.7 Å². The molecular formula is C30H36N4O. The first kappa shape index (κ1) is 24.7. The maximum atomic E-state index is 13.9. The van der Waals surface area contributed by atoms with E-state index in [2.05, 4.69) is 67.8 Å². The number of hydrogen-bond donors (Lipinski definition) is 1. The lowest BCUT2D eigenvalue weighted by atomic mass is 9.99. The van der Waals surface area contributed by atoms with Gasteiger partial charge in [-0.2, -0.15) is 0 Å². The summed E-state index contributed by atoms with van der Waals surface area (Å²) < 4.78 is 2.29. The van der Waals surface area contributed by atoms with Crippen LogP contribution in [0.5, 0.6) is 0 Å². The van der Waals surface area contributed by atoms with Crippen molar-refractivity contribution in [3.05, 3.63) is 101 Å². The Morgan fingerprint density at radius 3 is 2.34 bits per heavy atom. The fourth-order valence-electron chi connectivity index (χ4n) is 4.75. The summed E-state index contributed by atoms with van der Waals surface area (Å²) in [7, 11) is 0. The highest BCUT2D eigenvalue weighted by molar-refractivity contribution is 5.94. The van der Waals surface area contributed by atoms with Crippen LogP contribution in [0.15, 0.2) is 72.8 Å². The topological polar surface area (TPSA) is 64.2 Å². The van der Waals surface area contributed by atoms with Gasteiger partial charge in [-0.3, -0.25) is 4.79 Å². The van der Waals surface area contributed by atoms with E-state index in [1.807, 2.05) is 42.2 Å². The Bertz CT molecular complexity index is 1280. The molecule has 1 heterocycles. The van der Waals surface area contributed by atoms with E-state index in [4.69, 9.17) is 10.7 Å². The first-order chi connectivity index (χ1) is 16.9. The zero-order chi connectivity index (χ0) is 24.9. The molecule has 1 amide bonds. The number of para-hydroxylation sites is 1. The van der Waals surface area contributed by atoms with Crippen molar-refractivity contribution in [2.75, 3.05) is 13.1 Å². The number of aromatic nitrogens is 2. The van der Waals surface area contributed by atoms with Gasteiger partial charge < -0.3 is 15.2 Å². The summed E-state index contributed by atoms with van der Waals surface area (Å²) >= 11 is 0. The smallest absolute Gasteiger partial charge is 0.254 e. The third kappa shape index (κ3) is 5.30. The van der Waals surface area contributed by atoms with Gasteiger partial charge in [0.05, 0.1) is 17.1 Å². The Hall–Kier alpha value is -3.44. The molecule has 4 rings (SSSR count). The van der Waals surface area contributed by atoms with E-state index in [0.29, 0.717) is 25.2 Å². The van der Waals surface area contributed by atoms with Gasteiger partial charge in [0.15, 0.2) is 0 Å². The minimum Gasteiger partial charge on any atom is -0.330 e. The largest absolute Gasteiger partial charge is 0.330 e. The molecule has 4 aromatic rings. The predicted molar refractivity (Wildman–Crippen MR) is 143 cm³/mol. The number of benzene rings is 3. The SMILES string of the molecule is Cc1ccc(C(=O)N(CCCN)[C@@H](c2nc3c(C)cccc3n2Cc2ccccc2)C(C)C)cc1. The number of rotatable bonds is 9. The van der Waals surface area contributed by atoms with Gasteiger partial charge in [0.2, 0.25) is 0 Å². The molecule has 2 N–H and O–H groups in total. The minimum atomic E-state index is -0.189. The molecule has 5 nitrogen and oxygen atoms in total. The third-order valence-corrected chi connectivity index (χ3v) is 6.59. The lowest BCUT2D eigenvalue weighted by Crippen LogP contribution is -2.40. The predicted octanol–water partition coefficient (Wildman–Crippen LogP) is 5.89. The monoisotopic (exact) mass is 468 g/mol. The molecule has 5 heteroatoms. The molecule has 0 aliphatic carbocycles. The van der Waals surface area contributed by atoms with Gasteiger partial charge in [-0.1, -0.05) is 74.0 Å². The van der Waals surface area contributed by atoms with E-state index < -0.39 is 0 Å². The van der Waals surface area contributed by atoms with E-state index in [0.717, 1.165) is 34.4 Å². The van der Waals surface area contributed by atoms with Gasteiger partial charge in [-0.25, -0.2) is 4.98 Å². The van der Waals surface area contributed by atoms with Crippen LogP contribution in [0.1, 0.15) is 59.2 Å². The highest BCUT2D eigenvalue weighted by Crippen LogP contribution is 2.33.